The van der Waals surface area contributed by atoms with Crippen molar-refractivity contribution in [3.05, 3.63) is 52.0 Å². The van der Waals surface area contributed by atoms with Gasteiger partial charge in [0.1, 0.15) is 16.5 Å². The van der Waals surface area contributed by atoms with E-state index in [4.69, 9.17) is 4.42 Å². The lowest BCUT2D eigenvalue weighted by Gasteiger charge is -1.96. The van der Waals surface area contributed by atoms with Crippen LogP contribution in [0.5, 0.6) is 0 Å². The average Bonchev–Trinajstić information content (AvgIpc) is 2.97. The molecule has 0 unspecified atom stereocenters. The fourth-order valence-electron chi connectivity index (χ4n) is 1.71. The summed E-state index contributed by atoms with van der Waals surface area (Å²) in [6.07, 6.45) is 0. The number of halogens is 1. The van der Waals surface area contributed by atoms with Gasteiger partial charge in [-0.1, -0.05) is 28.1 Å². The van der Waals surface area contributed by atoms with Gasteiger partial charge in [-0.3, -0.25) is 0 Å². The summed E-state index contributed by atoms with van der Waals surface area (Å²) in [6.45, 7) is 1.94. The zero-order valence-electron chi connectivity index (χ0n) is 9.68. The van der Waals surface area contributed by atoms with Crippen molar-refractivity contribution in [1.29, 1.82) is 0 Å². The van der Waals surface area contributed by atoms with Gasteiger partial charge in [0.2, 0.25) is 0 Å². The summed E-state index contributed by atoms with van der Waals surface area (Å²) in [5.41, 5.74) is 2.01. The Morgan fingerprint density at radius 2 is 2.11 bits per heavy atom. The summed E-state index contributed by atoms with van der Waals surface area (Å²) in [6, 6.07) is 12.0. The Bertz CT molecular complexity index is 686. The topological polar surface area (TPSA) is 26.0 Å². The molecule has 0 fully saturated rings. The van der Waals surface area contributed by atoms with Crippen molar-refractivity contribution in [2.24, 2.45) is 0 Å². The molecule has 1 aromatic carbocycles. The van der Waals surface area contributed by atoms with Crippen LogP contribution in [0.15, 0.2) is 50.7 Å². The molecule has 0 saturated carbocycles. The van der Waals surface area contributed by atoms with E-state index in [1.165, 1.54) is 0 Å². The van der Waals surface area contributed by atoms with E-state index in [0.29, 0.717) is 0 Å². The summed E-state index contributed by atoms with van der Waals surface area (Å²) in [4.78, 5) is 4.61. The van der Waals surface area contributed by atoms with Crippen LogP contribution in [0, 0.1) is 6.92 Å². The van der Waals surface area contributed by atoms with Crippen LogP contribution in [-0.4, -0.2) is 4.98 Å². The first-order valence-corrected chi connectivity index (χ1v) is 7.18. The SMILES string of the molecule is Cc1ccc(-c2csc(-c3cccc(Br)c3)n2)o1. The number of hydrogen-bond donors (Lipinski definition) is 0. The molecule has 0 radical (unpaired) electrons. The Morgan fingerprint density at radius 3 is 2.83 bits per heavy atom. The maximum atomic E-state index is 5.58. The molecule has 0 aliphatic heterocycles. The lowest BCUT2D eigenvalue weighted by Crippen LogP contribution is -1.77. The quantitative estimate of drug-likeness (QED) is 0.653. The van der Waals surface area contributed by atoms with Gasteiger partial charge in [-0.15, -0.1) is 11.3 Å². The molecule has 2 heterocycles. The van der Waals surface area contributed by atoms with Gasteiger partial charge in [0.15, 0.2) is 5.76 Å². The molecule has 0 atom stereocenters. The molecule has 3 aromatic rings. The molecular formula is C14H10BrNOS. The highest BCUT2D eigenvalue weighted by atomic mass is 79.9. The van der Waals surface area contributed by atoms with Crippen LogP contribution in [0.3, 0.4) is 0 Å². The predicted octanol–water partition coefficient (Wildman–Crippen LogP) is 5.14. The van der Waals surface area contributed by atoms with Crippen LogP contribution in [0.25, 0.3) is 22.0 Å². The number of benzene rings is 1. The summed E-state index contributed by atoms with van der Waals surface area (Å²) in [7, 11) is 0. The van der Waals surface area contributed by atoms with Crippen molar-refractivity contribution in [3.63, 3.8) is 0 Å². The second kappa shape index (κ2) is 4.71. The second-order valence-electron chi connectivity index (χ2n) is 3.96. The van der Waals surface area contributed by atoms with Crippen LogP contribution in [0.1, 0.15) is 5.76 Å². The number of aryl methyl sites for hydroxylation is 1. The van der Waals surface area contributed by atoms with Crippen molar-refractivity contribution in [3.8, 4) is 22.0 Å². The van der Waals surface area contributed by atoms with Crippen molar-refractivity contribution in [2.75, 3.05) is 0 Å². The summed E-state index contributed by atoms with van der Waals surface area (Å²) >= 11 is 5.10. The van der Waals surface area contributed by atoms with E-state index in [9.17, 15) is 0 Å². The third-order valence-electron chi connectivity index (χ3n) is 2.57. The Kier molecular flexibility index (Phi) is 3.06. The predicted molar refractivity (Wildman–Crippen MR) is 77.7 cm³/mol. The molecule has 0 aliphatic carbocycles. The minimum Gasteiger partial charge on any atom is -0.460 e. The van der Waals surface area contributed by atoms with Gasteiger partial charge in [0.05, 0.1) is 0 Å². The van der Waals surface area contributed by atoms with Crippen LogP contribution in [-0.2, 0) is 0 Å². The number of rotatable bonds is 2. The number of nitrogens with zero attached hydrogens (tertiary/aromatic N) is 1. The molecule has 0 amide bonds. The standard InChI is InChI=1S/C14H10BrNOS/c1-9-5-6-13(17-9)12-8-18-14(16-12)10-3-2-4-11(15)7-10/h2-8H,1H3. The van der Waals surface area contributed by atoms with Gasteiger partial charge in [0.25, 0.3) is 0 Å². The molecule has 0 saturated heterocycles. The van der Waals surface area contributed by atoms with E-state index in [-0.39, 0.29) is 0 Å². The molecule has 0 bridgehead atoms. The molecule has 4 heteroatoms. The first-order chi connectivity index (χ1) is 8.72. The monoisotopic (exact) mass is 319 g/mol. The minimum atomic E-state index is 0.824. The fraction of sp³-hybridized carbons (Fsp3) is 0.0714. The van der Waals surface area contributed by atoms with Gasteiger partial charge >= 0.3 is 0 Å². The molecule has 2 nitrogen and oxygen atoms in total. The Morgan fingerprint density at radius 1 is 1.22 bits per heavy atom. The van der Waals surface area contributed by atoms with E-state index in [1.54, 1.807) is 11.3 Å². The maximum Gasteiger partial charge on any atom is 0.153 e. The van der Waals surface area contributed by atoms with E-state index >= 15 is 0 Å². The average molecular weight is 320 g/mol. The largest absolute Gasteiger partial charge is 0.460 e. The molecule has 18 heavy (non-hydrogen) atoms. The fourth-order valence-corrected chi connectivity index (χ4v) is 2.92. The summed E-state index contributed by atoms with van der Waals surface area (Å²) in [5, 5.41) is 3.02. The molecule has 0 N–H and O–H groups in total. The van der Waals surface area contributed by atoms with E-state index in [1.807, 2.05) is 36.6 Å². The van der Waals surface area contributed by atoms with Crippen LogP contribution in [0.2, 0.25) is 0 Å². The van der Waals surface area contributed by atoms with Crippen molar-refractivity contribution in [2.45, 2.75) is 6.92 Å². The second-order valence-corrected chi connectivity index (χ2v) is 5.73. The highest BCUT2D eigenvalue weighted by Gasteiger charge is 2.09. The molecule has 0 aliphatic rings. The van der Waals surface area contributed by atoms with Gasteiger partial charge in [-0.25, -0.2) is 4.98 Å². The van der Waals surface area contributed by atoms with Crippen molar-refractivity contribution >= 4 is 27.3 Å². The number of aromatic nitrogens is 1. The smallest absolute Gasteiger partial charge is 0.153 e. The number of thiazole rings is 1. The zero-order chi connectivity index (χ0) is 12.5. The highest BCUT2D eigenvalue weighted by Crippen LogP contribution is 2.30. The minimum absolute atomic E-state index is 0.824. The highest BCUT2D eigenvalue weighted by molar-refractivity contribution is 9.10. The lowest BCUT2D eigenvalue weighted by molar-refractivity contribution is 0.547. The molecule has 90 valence electrons. The third-order valence-corrected chi connectivity index (χ3v) is 3.95. The van der Waals surface area contributed by atoms with Crippen LogP contribution in [0.4, 0.5) is 0 Å². The van der Waals surface area contributed by atoms with Crippen molar-refractivity contribution < 1.29 is 4.42 Å². The van der Waals surface area contributed by atoms with Gasteiger partial charge < -0.3 is 4.42 Å². The van der Waals surface area contributed by atoms with Gasteiger partial charge in [-0.2, -0.15) is 0 Å². The third kappa shape index (κ3) is 2.26. The Balaban J connectivity index is 1.99. The lowest BCUT2D eigenvalue weighted by atomic mass is 10.2. The van der Waals surface area contributed by atoms with Gasteiger partial charge in [-0.05, 0) is 31.2 Å². The number of furan rings is 1. The number of hydrogen-bond acceptors (Lipinski definition) is 3. The summed E-state index contributed by atoms with van der Waals surface area (Å²) < 4.78 is 6.64. The Hall–Kier alpha value is -1.39. The zero-order valence-corrected chi connectivity index (χ0v) is 12.1. The van der Waals surface area contributed by atoms with Crippen LogP contribution < -0.4 is 0 Å². The van der Waals surface area contributed by atoms with Crippen molar-refractivity contribution in [1.82, 2.24) is 4.98 Å². The van der Waals surface area contributed by atoms with E-state index in [0.717, 1.165) is 32.3 Å². The molecule has 0 spiro atoms. The van der Waals surface area contributed by atoms with E-state index < -0.39 is 0 Å². The normalized spacial score (nSPS) is 10.8. The molecule has 2 aromatic heterocycles. The van der Waals surface area contributed by atoms with Crippen LogP contribution >= 0.6 is 27.3 Å². The first-order valence-electron chi connectivity index (χ1n) is 5.50. The Labute approximate surface area is 117 Å². The summed E-state index contributed by atoms with van der Waals surface area (Å²) in [5.74, 6) is 1.73. The molecule has 3 rings (SSSR count). The first kappa shape index (κ1) is 11.7. The molecular weight excluding hydrogens is 310 g/mol. The van der Waals surface area contributed by atoms with E-state index in [2.05, 4.69) is 33.0 Å². The van der Waals surface area contributed by atoms with Gasteiger partial charge in [0, 0.05) is 15.4 Å². The maximum absolute atomic E-state index is 5.58.